The van der Waals surface area contributed by atoms with Crippen LogP contribution in [0.25, 0.3) is 11.0 Å². The number of imidazole rings is 1. The van der Waals surface area contributed by atoms with E-state index in [1.54, 1.807) is 12.1 Å². The van der Waals surface area contributed by atoms with Crippen LogP contribution in [0.2, 0.25) is 0 Å². The van der Waals surface area contributed by atoms with Crippen molar-refractivity contribution in [3.05, 3.63) is 41.9 Å². The number of anilines is 1. The number of piperidine rings is 1. The van der Waals surface area contributed by atoms with Gasteiger partial charge in [-0.25, -0.2) is 13.4 Å². The number of rotatable bonds is 6. The van der Waals surface area contributed by atoms with Crippen molar-refractivity contribution in [1.29, 1.82) is 0 Å². The second-order valence-electron chi connectivity index (χ2n) is 8.34. The quantitative estimate of drug-likeness (QED) is 0.564. The number of aromatic nitrogens is 2. The Bertz CT molecular complexity index is 1240. The number of aromatic amines is 1. The summed E-state index contributed by atoms with van der Waals surface area (Å²) in [6.07, 6.45) is 2.68. The highest BCUT2D eigenvalue weighted by Gasteiger charge is 2.29. The molecule has 2 N–H and O–H groups in total. The lowest BCUT2D eigenvalue weighted by Crippen LogP contribution is -2.35. The van der Waals surface area contributed by atoms with Gasteiger partial charge in [0.25, 0.3) is 15.9 Å². The number of nitrogens with zero attached hydrogens (tertiary/aromatic N) is 3. The zero-order valence-corrected chi connectivity index (χ0v) is 19.1. The molecule has 2 aliphatic rings. The Labute approximate surface area is 192 Å². The molecule has 4 heterocycles. The molecular weight excluding hydrogens is 446 g/mol. The summed E-state index contributed by atoms with van der Waals surface area (Å²) < 4.78 is 37.7. The van der Waals surface area contributed by atoms with E-state index in [-0.39, 0.29) is 10.9 Å². The molecule has 1 aromatic carbocycles. The number of nitrogens with one attached hydrogen (secondary N) is 2. The Morgan fingerprint density at radius 3 is 2.64 bits per heavy atom. The second-order valence-corrected chi connectivity index (χ2v) is 10.2. The summed E-state index contributed by atoms with van der Waals surface area (Å²) in [6, 6.07) is 8.13. The van der Waals surface area contributed by atoms with E-state index in [4.69, 9.17) is 9.15 Å². The van der Waals surface area contributed by atoms with E-state index >= 15 is 0 Å². The van der Waals surface area contributed by atoms with Gasteiger partial charge in [0.15, 0.2) is 5.76 Å². The van der Waals surface area contributed by atoms with Crippen LogP contribution >= 0.6 is 0 Å². The minimum atomic E-state index is -3.72. The maximum Gasteiger partial charge on any atom is 0.291 e. The standard InChI is InChI=1S/C22H27N5O5S/c28-22(19-6-7-21(32-19)33(29,30)27-8-2-1-3-9-27)23-16-4-5-17-18(14-16)25-20(24-17)15-26-10-12-31-13-11-26/h4-7,14H,1-3,8-13,15H2,(H,23,28)(H,24,25). The predicted molar refractivity (Wildman–Crippen MR) is 121 cm³/mol. The van der Waals surface area contributed by atoms with Crippen LogP contribution in [0.1, 0.15) is 35.6 Å². The molecule has 10 nitrogen and oxygen atoms in total. The topological polar surface area (TPSA) is 121 Å². The van der Waals surface area contributed by atoms with E-state index in [0.717, 1.165) is 62.4 Å². The zero-order valence-electron chi connectivity index (χ0n) is 18.2. The third kappa shape index (κ3) is 4.81. The molecule has 0 atom stereocenters. The lowest BCUT2D eigenvalue weighted by molar-refractivity contribution is 0.0332. The van der Waals surface area contributed by atoms with E-state index in [1.165, 1.54) is 16.4 Å². The fraction of sp³-hybridized carbons (Fsp3) is 0.455. The molecule has 0 aliphatic carbocycles. The molecule has 1 amide bonds. The van der Waals surface area contributed by atoms with Crippen LogP contribution in [0.3, 0.4) is 0 Å². The monoisotopic (exact) mass is 473 g/mol. The number of morpholine rings is 1. The van der Waals surface area contributed by atoms with Gasteiger partial charge in [-0.15, -0.1) is 0 Å². The minimum absolute atomic E-state index is 0.0525. The van der Waals surface area contributed by atoms with Crippen molar-refractivity contribution in [2.75, 3.05) is 44.7 Å². The second kappa shape index (κ2) is 9.26. The molecule has 5 rings (SSSR count). The molecule has 0 bridgehead atoms. The molecule has 176 valence electrons. The van der Waals surface area contributed by atoms with Gasteiger partial charge in [0.2, 0.25) is 5.09 Å². The van der Waals surface area contributed by atoms with E-state index < -0.39 is 15.9 Å². The molecule has 0 radical (unpaired) electrons. The number of benzene rings is 1. The number of ether oxygens (including phenoxy) is 1. The van der Waals surface area contributed by atoms with Crippen molar-refractivity contribution in [2.45, 2.75) is 30.9 Å². The van der Waals surface area contributed by atoms with Gasteiger partial charge in [0.05, 0.1) is 30.8 Å². The zero-order chi connectivity index (χ0) is 22.8. The van der Waals surface area contributed by atoms with Crippen molar-refractivity contribution >= 4 is 32.7 Å². The molecule has 3 aromatic rings. The number of sulfonamides is 1. The first kappa shape index (κ1) is 22.1. The first-order valence-corrected chi connectivity index (χ1v) is 12.6. The third-order valence-corrected chi connectivity index (χ3v) is 7.75. The van der Waals surface area contributed by atoms with Crippen molar-refractivity contribution in [2.24, 2.45) is 0 Å². The molecule has 2 aliphatic heterocycles. The highest BCUT2D eigenvalue weighted by atomic mass is 32.2. The average Bonchev–Trinajstić information content (AvgIpc) is 3.48. The van der Waals surface area contributed by atoms with Crippen LogP contribution in [0.4, 0.5) is 5.69 Å². The van der Waals surface area contributed by atoms with E-state index in [9.17, 15) is 13.2 Å². The molecule has 0 unspecified atom stereocenters. The van der Waals surface area contributed by atoms with Gasteiger partial charge in [0, 0.05) is 31.9 Å². The molecule has 0 saturated carbocycles. The van der Waals surface area contributed by atoms with Crippen LogP contribution in [0, 0.1) is 0 Å². The number of fused-ring (bicyclic) bond motifs is 1. The van der Waals surface area contributed by atoms with Gasteiger partial charge in [-0.05, 0) is 43.2 Å². The average molecular weight is 474 g/mol. The summed E-state index contributed by atoms with van der Waals surface area (Å²) in [5, 5.41) is 2.57. The summed E-state index contributed by atoms with van der Waals surface area (Å²) in [6.45, 7) is 4.85. The minimum Gasteiger partial charge on any atom is -0.438 e. The lowest BCUT2D eigenvalue weighted by Gasteiger charge is -2.25. The van der Waals surface area contributed by atoms with Gasteiger partial charge in [-0.3, -0.25) is 9.69 Å². The Morgan fingerprint density at radius 1 is 1.06 bits per heavy atom. The van der Waals surface area contributed by atoms with Crippen molar-refractivity contribution < 1.29 is 22.4 Å². The number of furan rings is 1. The Morgan fingerprint density at radius 2 is 1.85 bits per heavy atom. The van der Waals surface area contributed by atoms with E-state index in [2.05, 4.69) is 20.2 Å². The van der Waals surface area contributed by atoms with Crippen LogP contribution in [-0.4, -0.2) is 72.9 Å². The number of amides is 1. The summed E-state index contributed by atoms with van der Waals surface area (Å²) in [7, 11) is -3.72. The van der Waals surface area contributed by atoms with Crippen LogP contribution in [0.5, 0.6) is 0 Å². The Kier molecular flexibility index (Phi) is 6.19. The normalized spacial score (nSPS) is 18.5. The van der Waals surface area contributed by atoms with E-state index in [1.807, 2.05) is 6.07 Å². The first-order chi connectivity index (χ1) is 16.0. The summed E-state index contributed by atoms with van der Waals surface area (Å²) in [5.41, 5.74) is 2.18. The summed E-state index contributed by atoms with van der Waals surface area (Å²) in [4.78, 5) is 22.9. The largest absolute Gasteiger partial charge is 0.438 e. The number of carbonyl (C=O) groups excluding carboxylic acids is 1. The lowest BCUT2D eigenvalue weighted by atomic mass is 10.2. The third-order valence-electron chi connectivity index (χ3n) is 5.98. The number of hydrogen-bond acceptors (Lipinski definition) is 7. The number of H-pyrrole nitrogens is 1. The molecule has 0 spiro atoms. The van der Waals surface area contributed by atoms with Crippen molar-refractivity contribution in [3.8, 4) is 0 Å². The SMILES string of the molecule is O=C(Nc1ccc2nc(CN3CCOCC3)[nH]c2c1)c1ccc(S(=O)(=O)N2CCCCC2)o1. The first-order valence-electron chi connectivity index (χ1n) is 11.2. The highest BCUT2D eigenvalue weighted by Crippen LogP contribution is 2.24. The Balaban J connectivity index is 1.27. The van der Waals surface area contributed by atoms with Crippen molar-refractivity contribution in [1.82, 2.24) is 19.2 Å². The molecule has 11 heteroatoms. The molecule has 2 saturated heterocycles. The molecule has 2 fully saturated rings. The number of hydrogen-bond donors (Lipinski definition) is 2. The molecule has 33 heavy (non-hydrogen) atoms. The van der Waals surface area contributed by atoms with Crippen LogP contribution < -0.4 is 5.32 Å². The van der Waals surface area contributed by atoms with Crippen LogP contribution in [-0.2, 0) is 21.3 Å². The van der Waals surface area contributed by atoms with Crippen LogP contribution in [0.15, 0.2) is 39.8 Å². The molecular formula is C22H27N5O5S. The summed E-state index contributed by atoms with van der Waals surface area (Å²) >= 11 is 0. The maximum absolute atomic E-state index is 12.8. The number of carbonyl (C=O) groups is 1. The van der Waals surface area contributed by atoms with Gasteiger partial charge >= 0.3 is 0 Å². The molecule has 2 aromatic heterocycles. The van der Waals surface area contributed by atoms with Gasteiger partial charge in [-0.1, -0.05) is 6.42 Å². The predicted octanol–water partition coefficient (Wildman–Crippen LogP) is 2.42. The fourth-order valence-electron chi connectivity index (χ4n) is 4.19. The van der Waals surface area contributed by atoms with Gasteiger partial charge in [-0.2, -0.15) is 4.31 Å². The van der Waals surface area contributed by atoms with Crippen molar-refractivity contribution in [3.63, 3.8) is 0 Å². The Hall–Kier alpha value is -2.73. The maximum atomic E-state index is 12.8. The summed E-state index contributed by atoms with van der Waals surface area (Å²) in [5.74, 6) is 0.291. The highest BCUT2D eigenvalue weighted by molar-refractivity contribution is 7.89. The smallest absolute Gasteiger partial charge is 0.291 e. The van der Waals surface area contributed by atoms with Gasteiger partial charge in [0.1, 0.15) is 5.82 Å². The van der Waals surface area contributed by atoms with Gasteiger partial charge < -0.3 is 19.5 Å². The fourth-order valence-corrected chi connectivity index (χ4v) is 5.62. The van der Waals surface area contributed by atoms with E-state index in [0.29, 0.717) is 25.3 Å².